The minimum Gasteiger partial charge on any atom is -0.375 e. The first-order valence-corrected chi connectivity index (χ1v) is 6.70. The molecular formula is C14H18N4O2. The molecule has 1 amide bonds. The van der Waals surface area contributed by atoms with E-state index in [2.05, 4.69) is 10.0 Å². The molecule has 2 rings (SSSR count). The van der Waals surface area contributed by atoms with Gasteiger partial charge >= 0.3 is 0 Å². The van der Waals surface area contributed by atoms with Crippen LogP contribution in [0.5, 0.6) is 0 Å². The fourth-order valence-corrected chi connectivity index (χ4v) is 2.28. The van der Waals surface area contributed by atoms with Crippen LogP contribution in [0.1, 0.15) is 12.0 Å². The van der Waals surface area contributed by atoms with E-state index in [0.29, 0.717) is 39.3 Å². The molecule has 1 atom stereocenters. The summed E-state index contributed by atoms with van der Waals surface area (Å²) in [4.78, 5) is 16.3. The van der Waals surface area contributed by atoms with Crippen LogP contribution >= 0.6 is 0 Å². The molecule has 20 heavy (non-hydrogen) atoms. The van der Waals surface area contributed by atoms with Gasteiger partial charge < -0.3 is 9.64 Å². The maximum atomic E-state index is 11.7. The first kappa shape index (κ1) is 14.4. The van der Waals surface area contributed by atoms with Gasteiger partial charge in [0, 0.05) is 31.0 Å². The van der Waals surface area contributed by atoms with Gasteiger partial charge in [-0.25, -0.2) is 0 Å². The molecule has 0 aliphatic carbocycles. The van der Waals surface area contributed by atoms with Crippen LogP contribution in [0.4, 0.5) is 0 Å². The predicted molar refractivity (Wildman–Crippen MR) is 74.8 cm³/mol. The molecule has 1 saturated heterocycles. The van der Waals surface area contributed by atoms with Crippen LogP contribution < -0.4 is 0 Å². The van der Waals surface area contributed by atoms with Crippen LogP contribution in [0.15, 0.2) is 35.4 Å². The zero-order valence-electron chi connectivity index (χ0n) is 11.3. The van der Waals surface area contributed by atoms with Crippen molar-refractivity contribution in [1.29, 1.82) is 0 Å². The fourth-order valence-electron chi connectivity index (χ4n) is 2.28. The standard InChI is InChI=1S/C14H18N4O2/c15-17-16-9-13-8-14(19)18(10-13)6-7-20-11-12-4-2-1-3-5-12/h1-5,13H,6-11H2. The predicted octanol–water partition coefficient (Wildman–Crippen LogP) is 2.36. The van der Waals surface area contributed by atoms with Crippen LogP contribution in [0.3, 0.4) is 0 Å². The van der Waals surface area contributed by atoms with Crippen LogP contribution in [-0.4, -0.2) is 37.0 Å². The monoisotopic (exact) mass is 274 g/mol. The largest absolute Gasteiger partial charge is 0.375 e. The topological polar surface area (TPSA) is 78.3 Å². The van der Waals surface area contributed by atoms with Crippen molar-refractivity contribution in [2.24, 2.45) is 11.0 Å². The van der Waals surface area contributed by atoms with Gasteiger partial charge in [0.2, 0.25) is 5.91 Å². The third-order valence-electron chi connectivity index (χ3n) is 3.31. The van der Waals surface area contributed by atoms with Crippen molar-refractivity contribution >= 4 is 5.91 Å². The van der Waals surface area contributed by atoms with Crippen LogP contribution in [-0.2, 0) is 16.1 Å². The lowest BCUT2D eigenvalue weighted by Crippen LogP contribution is -2.29. The number of amides is 1. The Bertz CT molecular complexity index is 485. The molecule has 0 saturated carbocycles. The summed E-state index contributed by atoms with van der Waals surface area (Å²) in [5, 5.41) is 3.53. The summed E-state index contributed by atoms with van der Waals surface area (Å²) in [5.41, 5.74) is 9.41. The van der Waals surface area contributed by atoms with E-state index in [1.807, 2.05) is 30.3 Å². The van der Waals surface area contributed by atoms with Gasteiger partial charge in [-0.05, 0) is 17.0 Å². The minimum absolute atomic E-state index is 0.117. The summed E-state index contributed by atoms with van der Waals surface area (Å²) < 4.78 is 5.57. The summed E-state index contributed by atoms with van der Waals surface area (Å²) in [6, 6.07) is 9.94. The third kappa shape index (κ3) is 4.26. The minimum atomic E-state index is 0.117. The van der Waals surface area contributed by atoms with Gasteiger partial charge in [0.15, 0.2) is 0 Å². The van der Waals surface area contributed by atoms with Gasteiger partial charge in [0.05, 0.1) is 13.2 Å². The van der Waals surface area contributed by atoms with Crippen molar-refractivity contribution in [3.8, 4) is 0 Å². The van der Waals surface area contributed by atoms with Crippen molar-refractivity contribution in [1.82, 2.24) is 4.90 Å². The molecule has 0 spiro atoms. The summed E-state index contributed by atoms with van der Waals surface area (Å²) in [6.45, 7) is 2.73. The number of likely N-dealkylation sites (tertiary alicyclic amines) is 1. The Hall–Kier alpha value is -2.04. The quantitative estimate of drug-likeness (QED) is 0.331. The van der Waals surface area contributed by atoms with Crippen LogP contribution in [0.25, 0.3) is 10.4 Å². The van der Waals surface area contributed by atoms with Gasteiger partial charge in [-0.15, -0.1) is 0 Å². The Balaban J connectivity index is 1.67. The smallest absolute Gasteiger partial charge is 0.223 e. The molecule has 106 valence electrons. The molecule has 1 aliphatic rings. The zero-order chi connectivity index (χ0) is 14.2. The summed E-state index contributed by atoms with van der Waals surface area (Å²) in [5.74, 6) is 0.263. The average molecular weight is 274 g/mol. The highest BCUT2D eigenvalue weighted by molar-refractivity contribution is 5.78. The van der Waals surface area contributed by atoms with Crippen molar-refractivity contribution in [3.63, 3.8) is 0 Å². The lowest BCUT2D eigenvalue weighted by Gasteiger charge is -2.16. The Labute approximate surface area is 118 Å². The molecule has 0 aromatic heterocycles. The van der Waals surface area contributed by atoms with E-state index >= 15 is 0 Å². The number of nitrogens with zero attached hydrogens (tertiary/aromatic N) is 4. The lowest BCUT2D eigenvalue weighted by atomic mass is 10.1. The van der Waals surface area contributed by atoms with E-state index in [-0.39, 0.29) is 11.8 Å². The zero-order valence-corrected chi connectivity index (χ0v) is 11.3. The van der Waals surface area contributed by atoms with E-state index in [9.17, 15) is 4.79 Å². The summed E-state index contributed by atoms with van der Waals surface area (Å²) in [7, 11) is 0. The Morgan fingerprint density at radius 2 is 2.20 bits per heavy atom. The first-order valence-electron chi connectivity index (χ1n) is 6.70. The van der Waals surface area contributed by atoms with Crippen molar-refractivity contribution in [2.75, 3.05) is 26.2 Å². The highest BCUT2D eigenvalue weighted by Gasteiger charge is 2.28. The van der Waals surface area contributed by atoms with E-state index in [0.717, 1.165) is 5.56 Å². The van der Waals surface area contributed by atoms with E-state index in [4.69, 9.17) is 10.3 Å². The molecule has 1 aliphatic heterocycles. The van der Waals surface area contributed by atoms with Crippen LogP contribution in [0, 0.1) is 5.92 Å². The highest BCUT2D eigenvalue weighted by atomic mass is 16.5. The molecule has 0 N–H and O–H groups in total. The Morgan fingerprint density at radius 3 is 2.95 bits per heavy atom. The number of carbonyl (C=O) groups is 1. The molecule has 1 heterocycles. The number of benzene rings is 1. The molecule has 1 aromatic rings. The first-order chi connectivity index (χ1) is 9.79. The molecule has 0 radical (unpaired) electrons. The van der Waals surface area contributed by atoms with Gasteiger partial charge in [-0.3, -0.25) is 4.79 Å². The second-order valence-electron chi connectivity index (χ2n) is 4.86. The van der Waals surface area contributed by atoms with E-state index in [1.54, 1.807) is 4.90 Å². The summed E-state index contributed by atoms with van der Waals surface area (Å²) in [6.07, 6.45) is 0.470. The summed E-state index contributed by atoms with van der Waals surface area (Å²) >= 11 is 0. The van der Waals surface area contributed by atoms with Crippen molar-refractivity contribution in [3.05, 3.63) is 46.3 Å². The molecule has 6 nitrogen and oxygen atoms in total. The number of azide groups is 1. The Kier molecular flexibility index (Phi) is 5.41. The molecule has 1 unspecified atom stereocenters. The SMILES string of the molecule is [N-]=[N+]=NCC1CC(=O)N(CCOCc2ccccc2)C1. The van der Waals surface area contributed by atoms with Crippen molar-refractivity contribution in [2.45, 2.75) is 13.0 Å². The number of hydrogen-bond donors (Lipinski definition) is 0. The molecule has 0 bridgehead atoms. The molecule has 6 heteroatoms. The number of carbonyl (C=O) groups excluding carboxylic acids is 1. The molecule has 1 fully saturated rings. The lowest BCUT2D eigenvalue weighted by molar-refractivity contribution is -0.128. The molecule has 1 aromatic carbocycles. The second-order valence-corrected chi connectivity index (χ2v) is 4.86. The highest BCUT2D eigenvalue weighted by Crippen LogP contribution is 2.17. The third-order valence-corrected chi connectivity index (χ3v) is 3.31. The maximum Gasteiger partial charge on any atom is 0.223 e. The maximum absolute atomic E-state index is 11.7. The van der Waals surface area contributed by atoms with Gasteiger partial charge in [0.1, 0.15) is 0 Å². The van der Waals surface area contributed by atoms with Gasteiger partial charge in [-0.1, -0.05) is 35.4 Å². The number of hydrogen-bond acceptors (Lipinski definition) is 3. The Morgan fingerprint density at radius 1 is 1.40 bits per heavy atom. The van der Waals surface area contributed by atoms with Gasteiger partial charge in [-0.2, -0.15) is 0 Å². The van der Waals surface area contributed by atoms with E-state index < -0.39 is 0 Å². The second kappa shape index (κ2) is 7.53. The van der Waals surface area contributed by atoms with Gasteiger partial charge in [0.25, 0.3) is 0 Å². The van der Waals surface area contributed by atoms with Crippen molar-refractivity contribution < 1.29 is 9.53 Å². The fraction of sp³-hybridized carbons (Fsp3) is 0.500. The number of ether oxygens (including phenoxy) is 1. The van der Waals surface area contributed by atoms with Crippen LogP contribution in [0.2, 0.25) is 0 Å². The average Bonchev–Trinajstić information content (AvgIpc) is 2.83. The normalized spacial score (nSPS) is 18.1. The molecular weight excluding hydrogens is 256 g/mol. The number of rotatable bonds is 7. The van der Waals surface area contributed by atoms with E-state index in [1.165, 1.54) is 0 Å².